The van der Waals surface area contributed by atoms with Crippen molar-refractivity contribution in [2.45, 2.75) is 13.0 Å². The van der Waals surface area contributed by atoms with E-state index >= 15 is 0 Å². The lowest BCUT2D eigenvalue weighted by Crippen LogP contribution is -2.21. The third-order valence-corrected chi connectivity index (χ3v) is 1.72. The Bertz CT molecular complexity index is 233. The monoisotopic (exact) mass is 163 g/mol. The molecule has 2 heteroatoms. The molecule has 1 N–H and O–H groups in total. The van der Waals surface area contributed by atoms with E-state index < -0.39 is 0 Å². The van der Waals surface area contributed by atoms with E-state index in [1.54, 1.807) is 0 Å². The summed E-state index contributed by atoms with van der Waals surface area (Å²) in [6.07, 6.45) is 0.929. The van der Waals surface area contributed by atoms with Gasteiger partial charge in [-0.05, 0) is 12.1 Å². The lowest BCUT2D eigenvalue weighted by Gasteiger charge is -2.10. The lowest BCUT2D eigenvalue weighted by atomic mass is 10.1. The van der Waals surface area contributed by atoms with E-state index in [9.17, 15) is 4.79 Å². The number of rotatable bonds is 4. The van der Waals surface area contributed by atoms with Crippen LogP contribution in [0, 0.1) is 0 Å². The van der Waals surface area contributed by atoms with E-state index in [2.05, 4.69) is 5.32 Å². The molecule has 64 valence electrons. The molecule has 0 fully saturated rings. The van der Waals surface area contributed by atoms with Gasteiger partial charge in [-0.15, -0.1) is 0 Å². The summed E-state index contributed by atoms with van der Waals surface area (Å²) in [5, 5.41) is 3.08. The van der Waals surface area contributed by atoms with Crippen LogP contribution in [0.4, 0.5) is 0 Å². The van der Waals surface area contributed by atoms with Crippen LogP contribution in [0.15, 0.2) is 30.3 Å². The fraction of sp³-hybridized carbons (Fsp3) is 0.300. The molecule has 0 bridgehead atoms. The molecule has 0 amide bonds. The van der Waals surface area contributed by atoms with Crippen molar-refractivity contribution >= 4 is 6.29 Å². The van der Waals surface area contributed by atoms with Gasteiger partial charge in [0.1, 0.15) is 6.29 Å². The Labute approximate surface area is 72.6 Å². The van der Waals surface area contributed by atoms with Crippen LogP contribution in [-0.4, -0.2) is 12.8 Å². The van der Waals surface area contributed by atoms with Gasteiger partial charge in [0.2, 0.25) is 0 Å². The van der Waals surface area contributed by atoms with Gasteiger partial charge in [-0.3, -0.25) is 0 Å². The van der Waals surface area contributed by atoms with Gasteiger partial charge in [-0.25, -0.2) is 0 Å². The van der Waals surface area contributed by atoms with Crippen LogP contribution in [0.25, 0.3) is 0 Å². The molecule has 0 aliphatic carbocycles. The first-order valence-corrected chi connectivity index (χ1v) is 4.12. The minimum Gasteiger partial charge on any atom is -0.304 e. The predicted octanol–water partition coefficient (Wildman–Crippen LogP) is 1.54. The van der Waals surface area contributed by atoms with Crippen molar-refractivity contribution in [2.75, 3.05) is 6.54 Å². The molecular weight excluding hydrogens is 150 g/mol. The summed E-state index contributed by atoms with van der Waals surface area (Å²) in [6, 6.07) is 9.55. The first-order chi connectivity index (χ1) is 5.88. The van der Waals surface area contributed by atoms with Gasteiger partial charge in [0.05, 0.1) is 6.04 Å². The van der Waals surface area contributed by atoms with Crippen molar-refractivity contribution in [1.29, 1.82) is 0 Å². The van der Waals surface area contributed by atoms with Gasteiger partial charge in [0.25, 0.3) is 0 Å². The van der Waals surface area contributed by atoms with E-state index in [0.717, 1.165) is 18.4 Å². The van der Waals surface area contributed by atoms with Crippen LogP contribution in [0.3, 0.4) is 0 Å². The quantitative estimate of drug-likeness (QED) is 0.682. The fourth-order valence-electron chi connectivity index (χ4n) is 1.12. The summed E-state index contributed by atoms with van der Waals surface area (Å²) in [7, 11) is 0. The van der Waals surface area contributed by atoms with Crippen molar-refractivity contribution in [2.24, 2.45) is 0 Å². The number of likely N-dealkylation sites (N-methyl/N-ethyl adjacent to an activating group) is 1. The highest BCUT2D eigenvalue weighted by atomic mass is 16.1. The molecule has 1 atom stereocenters. The molecule has 0 heterocycles. The molecule has 0 saturated heterocycles. The molecule has 1 aromatic rings. The van der Waals surface area contributed by atoms with Crippen LogP contribution in [0.5, 0.6) is 0 Å². The minimum absolute atomic E-state index is 0.156. The van der Waals surface area contributed by atoms with Crippen LogP contribution in [-0.2, 0) is 4.79 Å². The van der Waals surface area contributed by atoms with E-state index in [1.165, 1.54) is 0 Å². The Morgan fingerprint density at radius 1 is 1.42 bits per heavy atom. The molecule has 0 aliphatic rings. The van der Waals surface area contributed by atoms with E-state index in [1.807, 2.05) is 37.3 Å². The number of benzene rings is 1. The van der Waals surface area contributed by atoms with Gasteiger partial charge >= 0.3 is 0 Å². The second-order valence-electron chi connectivity index (χ2n) is 2.58. The molecule has 0 aliphatic heterocycles. The third kappa shape index (κ3) is 2.17. The van der Waals surface area contributed by atoms with E-state index in [-0.39, 0.29) is 6.04 Å². The predicted molar refractivity (Wildman–Crippen MR) is 48.9 cm³/mol. The smallest absolute Gasteiger partial charge is 0.141 e. The SMILES string of the molecule is CCN[C@@H](C=O)c1ccccc1. The maximum atomic E-state index is 10.6. The maximum Gasteiger partial charge on any atom is 0.141 e. The van der Waals surface area contributed by atoms with Crippen LogP contribution >= 0.6 is 0 Å². The van der Waals surface area contributed by atoms with Crippen molar-refractivity contribution in [3.05, 3.63) is 35.9 Å². The molecular formula is C10H13NO. The van der Waals surface area contributed by atoms with Crippen LogP contribution in [0.2, 0.25) is 0 Å². The first-order valence-electron chi connectivity index (χ1n) is 4.12. The number of carbonyl (C=O) groups is 1. The zero-order valence-corrected chi connectivity index (χ0v) is 7.16. The molecule has 0 unspecified atom stereocenters. The minimum atomic E-state index is -0.156. The molecule has 0 radical (unpaired) electrons. The van der Waals surface area contributed by atoms with Crippen molar-refractivity contribution in [3.8, 4) is 0 Å². The van der Waals surface area contributed by atoms with Crippen LogP contribution < -0.4 is 5.32 Å². The molecule has 2 nitrogen and oxygen atoms in total. The first kappa shape index (κ1) is 8.94. The molecule has 0 saturated carbocycles. The Kier molecular flexibility index (Phi) is 3.48. The van der Waals surface area contributed by atoms with E-state index in [4.69, 9.17) is 0 Å². The average molecular weight is 163 g/mol. The number of nitrogens with one attached hydrogen (secondary N) is 1. The highest BCUT2D eigenvalue weighted by Crippen LogP contribution is 2.08. The number of hydrogen-bond acceptors (Lipinski definition) is 2. The van der Waals surface area contributed by atoms with Gasteiger partial charge in [-0.1, -0.05) is 37.3 Å². The maximum absolute atomic E-state index is 10.6. The second-order valence-corrected chi connectivity index (χ2v) is 2.58. The summed E-state index contributed by atoms with van der Waals surface area (Å²) >= 11 is 0. The van der Waals surface area contributed by atoms with Gasteiger partial charge in [0, 0.05) is 0 Å². The Hall–Kier alpha value is -1.15. The summed E-state index contributed by atoms with van der Waals surface area (Å²) in [5.74, 6) is 0. The second kappa shape index (κ2) is 4.67. The zero-order chi connectivity index (χ0) is 8.81. The number of hydrogen-bond donors (Lipinski definition) is 1. The Balaban J connectivity index is 2.73. The van der Waals surface area contributed by atoms with Gasteiger partial charge in [0.15, 0.2) is 0 Å². The largest absolute Gasteiger partial charge is 0.304 e. The standard InChI is InChI=1S/C10H13NO/c1-2-11-10(8-12)9-6-4-3-5-7-9/h3-8,10-11H,2H2,1H3/t10-/m0/s1. The average Bonchev–Trinajstić information content (AvgIpc) is 2.15. The lowest BCUT2D eigenvalue weighted by molar-refractivity contribution is -0.109. The highest BCUT2D eigenvalue weighted by molar-refractivity contribution is 5.61. The molecule has 12 heavy (non-hydrogen) atoms. The third-order valence-electron chi connectivity index (χ3n) is 1.72. The summed E-state index contributed by atoms with van der Waals surface area (Å²) in [5.41, 5.74) is 1.02. The molecule has 1 aromatic carbocycles. The molecule has 1 rings (SSSR count). The highest BCUT2D eigenvalue weighted by Gasteiger charge is 2.05. The molecule has 0 spiro atoms. The van der Waals surface area contributed by atoms with Gasteiger partial charge < -0.3 is 10.1 Å². The van der Waals surface area contributed by atoms with Gasteiger partial charge in [-0.2, -0.15) is 0 Å². The molecule has 0 aromatic heterocycles. The van der Waals surface area contributed by atoms with Crippen molar-refractivity contribution in [1.82, 2.24) is 5.32 Å². The number of aldehydes is 1. The Morgan fingerprint density at radius 3 is 2.58 bits per heavy atom. The fourth-order valence-corrected chi connectivity index (χ4v) is 1.12. The van der Waals surface area contributed by atoms with Crippen LogP contribution in [0.1, 0.15) is 18.5 Å². The summed E-state index contributed by atoms with van der Waals surface area (Å²) in [4.78, 5) is 10.6. The summed E-state index contributed by atoms with van der Waals surface area (Å²) < 4.78 is 0. The van der Waals surface area contributed by atoms with Crippen molar-refractivity contribution < 1.29 is 4.79 Å². The van der Waals surface area contributed by atoms with E-state index in [0.29, 0.717) is 0 Å². The zero-order valence-electron chi connectivity index (χ0n) is 7.16. The normalized spacial score (nSPS) is 12.4. The summed E-state index contributed by atoms with van der Waals surface area (Å²) in [6.45, 7) is 2.79. The number of carbonyl (C=O) groups excluding carboxylic acids is 1. The van der Waals surface area contributed by atoms with Crippen molar-refractivity contribution in [3.63, 3.8) is 0 Å². The topological polar surface area (TPSA) is 29.1 Å². The Morgan fingerprint density at radius 2 is 2.08 bits per heavy atom.